The van der Waals surface area contributed by atoms with Gasteiger partial charge >= 0.3 is 0 Å². The van der Waals surface area contributed by atoms with Gasteiger partial charge in [0.2, 0.25) is 5.52 Å². The average Bonchev–Trinajstić information content (AvgIpc) is 2.64. The van der Waals surface area contributed by atoms with Crippen molar-refractivity contribution >= 4 is 21.7 Å². The van der Waals surface area contributed by atoms with E-state index >= 15 is 0 Å². The second-order valence-corrected chi connectivity index (χ2v) is 9.70. The molecule has 5 rings (SSSR count). The predicted octanol–water partition coefficient (Wildman–Crippen LogP) is 6.80. The number of pyridine rings is 1. The van der Waals surface area contributed by atoms with Crippen LogP contribution < -0.4 is 9.30 Å². The van der Waals surface area contributed by atoms with Gasteiger partial charge in [-0.1, -0.05) is 45.0 Å². The van der Waals surface area contributed by atoms with E-state index in [1.807, 2.05) is 0 Å². The van der Waals surface area contributed by atoms with Gasteiger partial charge in [-0.05, 0) is 59.9 Å². The SMILES string of the molecule is Cc1cc2cccc3c2c(c1C)-c1c(cc2cc(CC(C)(C)C)ccc2[n+]1C)O3. The maximum atomic E-state index is 6.45. The molecule has 0 aliphatic carbocycles. The lowest BCUT2D eigenvalue weighted by molar-refractivity contribution is -0.633. The highest BCUT2D eigenvalue weighted by molar-refractivity contribution is 6.05. The third kappa shape index (κ3) is 2.81. The van der Waals surface area contributed by atoms with E-state index in [1.165, 1.54) is 49.6 Å². The first-order valence-electron chi connectivity index (χ1n) is 10.4. The maximum absolute atomic E-state index is 6.45. The van der Waals surface area contributed by atoms with Gasteiger partial charge in [-0.3, -0.25) is 0 Å². The summed E-state index contributed by atoms with van der Waals surface area (Å²) in [5.41, 5.74) is 8.00. The van der Waals surface area contributed by atoms with Gasteiger partial charge in [-0.25, -0.2) is 0 Å². The van der Waals surface area contributed by atoms with Crippen LogP contribution in [-0.4, -0.2) is 0 Å². The Kier molecular flexibility index (Phi) is 3.80. The molecule has 0 fully saturated rings. The lowest BCUT2D eigenvalue weighted by Crippen LogP contribution is -2.33. The second-order valence-electron chi connectivity index (χ2n) is 9.70. The highest BCUT2D eigenvalue weighted by atomic mass is 16.5. The molecule has 2 heterocycles. The minimum absolute atomic E-state index is 0.268. The Morgan fingerprint density at radius 3 is 2.45 bits per heavy atom. The first-order valence-corrected chi connectivity index (χ1v) is 10.4. The van der Waals surface area contributed by atoms with Gasteiger partial charge in [0.25, 0.3) is 5.69 Å². The van der Waals surface area contributed by atoms with Crippen molar-refractivity contribution in [3.63, 3.8) is 0 Å². The van der Waals surface area contributed by atoms with E-state index < -0.39 is 0 Å². The molecule has 0 spiro atoms. The molecule has 2 heteroatoms. The van der Waals surface area contributed by atoms with Gasteiger partial charge in [-0.2, -0.15) is 4.57 Å². The van der Waals surface area contributed by atoms with E-state index in [4.69, 9.17) is 4.74 Å². The number of aryl methyl sites for hydroxylation is 2. The highest BCUT2D eigenvalue weighted by Gasteiger charge is 2.31. The summed E-state index contributed by atoms with van der Waals surface area (Å²) in [4.78, 5) is 0. The van der Waals surface area contributed by atoms with E-state index in [1.54, 1.807) is 0 Å². The molecule has 1 aliphatic rings. The molecule has 1 aromatic heterocycles. The number of benzene rings is 3. The van der Waals surface area contributed by atoms with Crippen molar-refractivity contribution in [1.82, 2.24) is 0 Å². The van der Waals surface area contributed by atoms with Crippen LogP contribution in [0.1, 0.15) is 37.5 Å². The molecule has 0 atom stereocenters. The molecule has 0 unspecified atom stereocenters. The fourth-order valence-corrected chi connectivity index (χ4v) is 4.77. The first kappa shape index (κ1) is 18.2. The Labute approximate surface area is 172 Å². The molecular formula is C27H28NO+. The molecule has 1 aliphatic heterocycles. The van der Waals surface area contributed by atoms with Crippen molar-refractivity contribution < 1.29 is 9.30 Å². The molecule has 0 N–H and O–H groups in total. The molecule has 29 heavy (non-hydrogen) atoms. The minimum Gasteiger partial charge on any atom is -0.450 e. The van der Waals surface area contributed by atoms with Crippen LogP contribution in [0.15, 0.2) is 48.5 Å². The minimum atomic E-state index is 0.268. The van der Waals surface area contributed by atoms with Gasteiger partial charge < -0.3 is 4.74 Å². The van der Waals surface area contributed by atoms with Crippen LogP contribution >= 0.6 is 0 Å². The second kappa shape index (κ2) is 6.06. The first-order chi connectivity index (χ1) is 13.7. The molecule has 4 aromatic rings. The zero-order valence-electron chi connectivity index (χ0n) is 18.2. The van der Waals surface area contributed by atoms with Crippen LogP contribution in [0.5, 0.6) is 11.5 Å². The smallest absolute Gasteiger partial charge is 0.256 e. The van der Waals surface area contributed by atoms with Crippen LogP contribution in [-0.2, 0) is 13.5 Å². The van der Waals surface area contributed by atoms with Crippen LogP contribution in [0, 0.1) is 19.3 Å². The van der Waals surface area contributed by atoms with E-state index in [0.29, 0.717) is 0 Å². The molecule has 0 bridgehead atoms. The van der Waals surface area contributed by atoms with E-state index in [0.717, 1.165) is 17.9 Å². The van der Waals surface area contributed by atoms with Crippen LogP contribution in [0.4, 0.5) is 0 Å². The van der Waals surface area contributed by atoms with Crippen molar-refractivity contribution in [1.29, 1.82) is 0 Å². The third-order valence-corrected chi connectivity index (χ3v) is 6.15. The van der Waals surface area contributed by atoms with Crippen molar-refractivity contribution in [2.45, 2.75) is 41.0 Å². The van der Waals surface area contributed by atoms with Gasteiger partial charge in [0.05, 0.1) is 10.9 Å². The predicted molar refractivity (Wildman–Crippen MR) is 121 cm³/mol. The lowest BCUT2D eigenvalue weighted by atomic mass is 9.87. The summed E-state index contributed by atoms with van der Waals surface area (Å²) in [6, 6.07) is 17.7. The Hall–Kier alpha value is -2.87. The van der Waals surface area contributed by atoms with E-state index in [-0.39, 0.29) is 5.41 Å². The monoisotopic (exact) mass is 382 g/mol. The molecular weight excluding hydrogens is 354 g/mol. The van der Waals surface area contributed by atoms with Crippen molar-refractivity contribution in [2.75, 3.05) is 0 Å². The Morgan fingerprint density at radius 2 is 1.69 bits per heavy atom. The van der Waals surface area contributed by atoms with Crippen molar-refractivity contribution in [3.8, 4) is 22.8 Å². The topological polar surface area (TPSA) is 13.1 Å². The molecule has 0 radical (unpaired) electrons. The largest absolute Gasteiger partial charge is 0.450 e. The van der Waals surface area contributed by atoms with Crippen molar-refractivity contribution in [2.24, 2.45) is 12.5 Å². The number of ether oxygens (including phenoxy) is 1. The molecule has 3 aromatic carbocycles. The summed E-state index contributed by atoms with van der Waals surface area (Å²) in [6.07, 6.45) is 1.06. The zero-order chi connectivity index (χ0) is 20.5. The van der Waals surface area contributed by atoms with Gasteiger partial charge in [0, 0.05) is 17.5 Å². The summed E-state index contributed by atoms with van der Waals surface area (Å²) in [7, 11) is 2.16. The summed E-state index contributed by atoms with van der Waals surface area (Å²) in [5.74, 6) is 1.90. The Bertz CT molecular complexity index is 1310. The van der Waals surface area contributed by atoms with Gasteiger partial charge in [0.1, 0.15) is 12.8 Å². The third-order valence-electron chi connectivity index (χ3n) is 6.15. The molecule has 0 amide bonds. The Balaban J connectivity index is 1.82. The zero-order valence-corrected chi connectivity index (χ0v) is 18.2. The number of nitrogens with zero attached hydrogens (tertiary/aromatic N) is 1. The van der Waals surface area contributed by atoms with E-state index in [2.05, 4.69) is 94.8 Å². The summed E-state index contributed by atoms with van der Waals surface area (Å²) < 4.78 is 8.76. The number of fused-ring (bicyclic) bond motifs is 3. The van der Waals surface area contributed by atoms with Gasteiger partial charge in [0.15, 0.2) is 5.75 Å². The summed E-state index contributed by atoms with van der Waals surface area (Å²) in [6.45, 7) is 11.3. The van der Waals surface area contributed by atoms with Crippen LogP contribution in [0.3, 0.4) is 0 Å². The summed E-state index contributed by atoms with van der Waals surface area (Å²) >= 11 is 0. The Morgan fingerprint density at radius 1 is 0.897 bits per heavy atom. The quantitative estimate of drug-likeness (QED) is 0.291. The number of hydrogen-bond donors (Lipinski definition) is 0. The fraction of sp³-hybridized carbons (Fsp3) is 0.296. The molecule has 146 valence electrons. The van der Waals surface area contributed by atoms with Crippen molar-refractivity contribution in [3.05, 3.63) is 65.2 Å². The number of rotatable bonds is 1. The van der Waals surface area contributed by atoms with Gasteiger partial charge in [-0.15, -0.1) is 0 Å². The van der Waals surface area contributed by atoms with Crippen LogP contribution in [0.2, 0.25) is 0 Å². The maximum Gasteiger partial charge on any atom is 0.256 e. The molecule has 0 saturated heterocycles. The van der Waals surface area contributed by atoms with Crippen LogP contribution in [0.25, 0.3) is 32.9 Å². The molecule has 2 nitrogen and oxygen atoms in total. The number of aromatic nitrogens is 1. The molecule has 0 saturated carbocycles. The normalized spacial score (nSPS) is 12.9. The lowest BCUT2D eigenvalue weighted by Gasteiger charge is -2.22. The van der Waals surface area contributed by atoms with E-state index in [9.17, 15) is 0 Å². The summed E-state index contributed by atoms with van der Waals surface area (Å²) in [5, 5.41) is 3.70. The number of hydrogen-bond acceptors (Lipinski definition) is 1. The fourth-order valence-electron chi connectivity index (χ4n) is 4.77. The standard InChI is InChI=1S/C27H28NO/c1-16-12-19-8-7-9-22-25(19)24(17(16)2)26-23(29-22)14-20-13-18(15-27(3,4)5)10-11-21(20)28(26)6/h7-14H,15H2,1-6H3/q+1. The average molecular weight is 383 g/mol. The highest BCUT2D eigenvalue weighted by Crippen LogP contribution is 2.47.